The summed E-state index contributed by atoms with van der Waals surface area (Å²) in [6.07, 6.45) is -21.0. The molecule has 0 amide bonds. The van der Waals surface area contributed by atoms with E-state index in [1.807, 2.05) is 0 Å². The van der Waals surface area contributed by atoms with Crippen LogP contribution in [0.25, 0.3) is 0 Å². The SMILES string of the molecule is CC(=O)OC[C@H](OC(C)=O)[C@H]1OC(OC(=N)C(Cl)(Cl)Cl)[C@@H](OC(C)=O)[C@@H]([C@H]2O[C@H]([C@@H]3COC(=O)O3)[C@@H](OC(C)=O)[C@H](OC(C)=O)[C@@H]2OC(C)=O)[C@@H]1OC(C)=O. The van der Waals surface area contributed by atoms with E-state index in [0.29, 0.717) is 0 Å². The highest BCUT2D eigenvalue weighted by molar-refractivity contribution is 6.76. The number of esters is 7. The molecule has 3 rings (SSSR count). The molecule has 3 fully saturated rings. The molecule has 3 saturated heterocycles. The van der Waals surface area contributed by atoms with E-state index in [2.05, 4.69) is 0 Å². The fourth-order valence-electron chi connectivity index (χ4n) is 6.11. The number of nitrogens with one attached hydrogen (secondary N) is 1. The van der Waals surface area contributed by atoms with Crippen LogP contribution in [0.2, 0.25) is 0 Å². The van der Waals surface area contributed by atoms with Gasteiger partial charge in [-0.3, -0.25) is 39.0 Å². The molecular weight excluding hydrogens is 813 g/mol. The summed E-state index contributed by atoms with van der Waals surface area (Å²) in [6, 6.07) is 0. The normalized spacial score (nSPS) is 30.9. The lowest BCUT2D eigenvalue weighted by Crippen LogP contribution is -2.71. The Kier molecular flexibility index (Phi) is 15.7. The molecule has 0 aromatic carbocycles. The van der Waals surface area contributed by atoms with Gasteiger partial charge in [0.2, 0.25) is 12.2 Å². The molecule has 1 unspecified atom stereocenters. The summed E-state index contributed by atoms with van der Waals surface area (Å²) in [6.45, 7) is 5.51. The Morgan fingerprint density at radius 1 is 0.673 bits per heavy atom. The molecule has 0 saturated carbocycles. The third-order valence-electron chi connectivity index (χ3n) is 7.75. The van der Waals surface area contributed by atoms with Gasteiger partial charge < -0.3 is 56.8 Å². The first-order valence-electron chi connectivity index (χ1n) is 16.1. The van der Waals surface area contributed by atoms with Gasteiger partial charge in [0.1, 0.15) is 37.6 Å². The number of halogens is 3. The van der Waals surface area contributed by atoms with Gasteiger partial charge in [-0.2, -0.15) is 0 Å². The standard InChI is InChI=1S/C31H38Cl3NO20/c1-10(36)44-8-17(46-11(2)37)20-22(47-12(3)38)19(24(48-13(4)39)28(54-20)55-29(35)31(32,33)34)23-26(50-15(6)41)27(51-16(7)42)25(49-14(5)40)21(53-23)18-9-45-30(43)52-18/h17-28,35H,8-9H2,1-7H3/t17-,18-,19+,20+,21+,22-,23+,24-,25+,26+,27-,28?/m0/s1. The maximum Gasteiger partial charge on any atom is 0.508 e. The Morgan fingerprint density at radius 3 is 1.62 bits per heavy atom. The minimum Gasteiger partial charge on any atom is -0.462 e. The number of carbonyl (C=O) groups excluding carboxylic acids is 8. The Labute approximate surface area is 327 Å². The first kappa shape index (κ1) is 45.2. The molecule has 0 aliphatic carbocycles. The number of hydrogen-bond donors (Lipinski definition) is 1. The van der Waals surface area contributed by atoms with Crippen LogP contribution in [0.1, 0.15) is 48.5 Å². The van der Waals surface area contributed by atoms with Crippen LogP contribution in [0.4, 0.5) is 4.79 Å². The average Bonchev–Trinajstić information content (AvgIpc) is 3.46. The highest BCUT2D eigenvalue weighted by Crippen LogP contribution is 2.44. The lowest BCUT2D eigenvalue weighted by atomic mass is 9.76. The first-order valence-corrected chi connectivity index (χ1v) is 17.3. The van der Waals surface area contributed by atoms with E-state index >= 15 is 0 Å². The first-order chi connectivity index (χ1) is 25.5. The number of hydrogen-bond acceptors (Lipinski definition) is 21. The summed E-state index contributed by atoms with van der Waals surface area (Å²) in [5.41, 5.74) is 0. The highest BCUT2D eigenvalue weighted by atomic mass is 35.6. The molecule has 0 aromatic rings. The summed E-state index contributed by atoms with van der Waals surface area (Å²) in [7, 11) is 0. The van der Waals surface area contributed by atoms with E-state index in [9.17, 15) is 38.4 Å². The molecule has 0 bridgehead atoms. The van der Waals surface area contributed by atoms with Crippen LogP contribution in [0.15, 0.2) is 0 Å². The summed E-state index contributed by atoms with van der Waals surface area (Å²) >= 11 is 17.7. The number of ether oxygens (including phenoxy) is 12. The number of rotatable bonds is 12. The molecule has 0 radical (unpaired) electrons. The largest absolute Gasteiger partial charge is 0.508 e. The molecule has 3 heterocycles. The summed E-state index contributed by atoms with van der Waals surface area (Å²) in [4.78, 5) is 99.8. The zero-order valence-corrected chi connectivity index (χ0v) is 32.4. The number of cyclic esters (lactones) is 2. The van der Waals surface area contributed by atoms with Crippen LogP contribution in [-0.2, 0) is 90.4 Å². The van der Waals surface area contributed by atoms with Crippen molar-refractivity contribution in [1.82, 2.24) is 0 Å². The van der Waals surface area contributed by atoms with Crippen LogP contribution in [0.3, 0.4) is 0 Å². The van der Waals surface area contributed by atoms with Gasteiger partial charge in [0.25, 0.3) is 3.79 Å². The van der Waals surface area contributed by atoms with E-state index < -0.39 is 144 Å². The fraction of sp³-hybridized carbons (Fsp3) is 0.710. The smallest absolute Gasteiger partial charge is 0.462 e. The topological polar surface area (TPSA) is 271 Å². The fourth-order valence-corrected chi connectivity index (χ4v) is 6.24. The van der Waals surface area contributed by atoms with Gasteiger partial charge in [-0.25, -0.2) is 4.79 Å². The Morgan fingerprint density at radius 2 is 1.16 bits per heavy atom. The molecule has 0 spiro atoms. The lowest BCUT2D eigenvalue weighted by Gasteiger charge is -2.53. The van der Waals surface area contributed by atoms with Gasteiger partial charge >= 0.3 is 47.9 Å². The zero-order chi connectivity index (χ0) is 41.5. The predicted molar refractivity (Wildman–Crippen MR) is 176 cm³/mol. The molecule has 3 aliphatic rings. The van der Waals surface area contributed by atoms with E-state index in [1.165, 1.54) is 0 Å². The second-order valence-electron chi connectivity index (χ2n) is 12.1. The Balaban J connectivity index is 2.44. The van der Waals surface area contributed by atoms with Crippen molar-refractivity contribution in [1.29, 1.82) is 5.41 Å². The predicted octanol–water partition coefficient (Wildman–Crippen LogP) is 1.15. The van der Waals surface area contributed by atoms with Crippen LogP contribution < -0.4 is 0 Å². The summed E-state index contributed by atoms with van der Waals surface area (Å²) in [5.74, 6) is -9.88. The lowest BCUT2D eigenvalue weighted by molar-refractivity contribution is -0.327. The third kappa shape index (κ3) is 12.4. The molecule has 3 aliphatic heterocycles. The summed E-state index contributed by atoms with van der Waals surface area (Å²) in [5, 5.41) is 8.30. The Bertz CT molecular complexity index is 1520. The van der Waals surface area contributed by atoms with Crippen LogP contribution in [-0.4, -0.2) is 138 Å². The minimum absolute atomic E-state index is 0.515. The van der Waals surface area contributed by atoms with Gasteiger partial charge in [0.15, 0.2) is 36.6 Å². The van der Waals surface area contributed by atoms with Crippen LogP contribution in [0, 0.1) is 11.3 Å². The van der Waals surface area contributed by atoms with Gasteiger partial charge in [-0.15, -0.1) is 0 Å². The maximum atomic E-state index is 12.8. The van der Waals surface area contributed by atoms with Crippen molar-refractivity contribution in [2.45, 2.75) is 120 Å². The second kappa shape index (κ2) is 19.1. The van der Waals surface area contributed by atoms with E-state index in [-0.39, 0.29) is 0 Å². The van der Waals surface area contributed by atoms with Crippen molar-refractivity contribution in [3.8, 4) is 0 Å². The number of carbonyl (C=O) groups is 8. The van der Waals surface area contributed by atoms with Crippen LogP contribution >= 0.6 is 34.8 Å². The van der Waals surface area contributed by atoms with Gasteiger partial charge in [-0.1, -0.05) is 34.8 Å². The molecule has 55 heavy (non-hydrogen) atoms. The molecule has 1 N–H and O–H groups in total. The van der Waals surface area contributed by atoms with Crippen LogP contribution in [0.5, 0.6) is 0 Å². The van der Waals surface area contributed by atoms with Gasteiger partial charge in [-0.05, 0) is 0 Å². The second-order valence-corrected chi connectivity index (χ2v) is 14.4. The molecular formula is C31H38Cl3NO20. The van der Waals surface area contributed by atoms with Crippen molar-refractivity contribution in [2.75, 3.05) is 13.2 Å². The van der Waals surface area contributed by atoms with E-state index in [1.54, 1.807) is 0 Å². The molecule has 21 nitrogen and oxygen atoms in total. The van der Waals surface area contributed by atoms with Crippen molar-refractivity contribution < 1.29 is 95.2 Å². The highest BCUT2D eigenvalue weighted by Gasteiger charge is 2.65. The summed E-state index contributed by atoms with van der Waals surface area (Å²) < 4.78 is 64.2. The number of alkyl halides is 3. The van der Waals surface area contributed by atoms with Crippen molar-refractivity contribution in [2.24, 2.45) is 5.92 Å². The quantitative estimate of drug-likeness (QED) is 0.0948. The molecule has 308 valence electrons. The van der Waals surface area contributed by atoms with E-state index in [4.69, 9.17) is 97.1 Å². The third-order valence-corrected chi connectivity index (χ3v) is 8.26. The van der Waals surface area contributed by atoms with Gasteiger partial charge in [0.05, 0.1) is 5.92 Å². The van der Waals surface area contributed by atoms with Crippen molar-refractivity contribution in [3.63, 3.8) is 0 Å². The monoisotopic (exact) mass is 849 g/mol. The molecule has 24 heteroatoms. The molecule has 0 aromatic heterocycles. The minimum atomic E-state index is -2.58. The maximum absolute atomic E-state index is 12.8. The zero-order valence-electron chi connectivity index (χ0n) is 30.1. The molecule has 12 atom stereocenters. The van der Waals surface area contributed by atoms with Crippen molar-refractivity contribution in [3.05, 3.63) is 0 Å². The van der Waals surface area contributed by atoms with E-state index in [0.717, 1.165) is 48.5 Å². The average molecular weight is 851 g/mol. The van der Waals surface area contributed by atoms with Crippen molar-refractivity contribution >= 4 is 88.6 Å². The van der Waals surface area contributed by atoms with Gasteiger partial charge in [0, 0.05) is 48.5 Å². The Hall–Kier alpha value is -4.18.